The third-order valence-electron chi connectivity index (χ3n) is 3.53. The molecular formula is C19H19N3O. The van der Waals surface area contributed by atoms with Crippen LogP contribution >= 0.6 is 0 Å². The number of benzene rings is 1. The number of rotatable bonds is 4. The third-order valence-corrected chi connectivity index (χ3v) is 3.53. The summed E-state index contributed by atoms with van der Waals surface area (Å²) in [5, 5.41) is 2.90. The number of aliphatic imine (C=N–C) groups is 1. The number of allylic oxidation sites excluding steroid dienone is 2. The van der Waals surface area contributed by atoms with E-state index in [1.807, 2.05) is 68.6 Å². The van der Waals surface area contributed by atoms with Crippen molar-refractivity contribution in [3.8, 4) is 0 Å². The molecule has 0 unspecified atom stereocenters. The summed E-state index contributed by atoms with van der Waals surface area (Å²) in [7, 11) is 0. The van der Waals surface area contributed by atoms with Crippen molar-refractivity contribution in [1.82, 2.24) is 10.3 Å². The van der Waals surface area contributed by atoms with Crippen molar-refractivity contribution in [2.24, 2.45) is 4.99 Å². The van der Waals surface area contributed by atoms with Gasteiger partial charge < -0.3 is 10.3 Å². The van der Waals surface area contributed by atoms with Gasteiger partial charge in [-0.05, 0) is 55.8 Å². The van der Waals surface area contributed by atoms with Crippen LogP contribution in [0.4, 0.5) is 0 Å². The first-order chi connectivity index (χ1) is 11.1. The van der Waals surface area contributed by atoms with E-state index < -0.39 is 0 Å². The Bertz CT molecular complexity index is 765. The highest BCUT2D eigenvalue weighted by Crippen LogP contribution is 2.28. The molecule has 0 atom stereocenters. The minimum absolute atomic E-state index is 0.0561. The summed E-state index contributed by atoms with van der Waals surface area (Å²) >= 11 is 0. The topological polar surface area (TPSA) is 57.2 Å². The fourth-order valence-corrected chi connectivity index (χ4v) is 2.51. The monoisotopic (exact) mass is 305 g/mol. The first kappa shape index (κ1) is 15.0. The van der Waals surface area contributed by atoms with E-state index in [2.05, 4.69) is 15.3 Å². The molecule has 0 bridgehead atoms. The first-order valence-corrected chi connectivity index (χ1v) is 7.65. The van der Waals surface area contributed by atoms with Gasteiger partial charge in [-0.2, -0.15) is 0 Å². The van der Waals surface area contributed by atoms with Crippen LogP contribution in [0.15, 0.2) is 65.4 Å². The molecule has 2 aromatic rings. The largest absolute Gasteiger partial charge is 0.361 e. The Morgan fingerprint density at radius 3 is 2.43 bits per heavy atom. The van der Waals surface area contributed by atoms with Crippen molar-refractivity contribution >= 4 is 17.7 Å². The van der Waals surface area contributed by atoms with Crippen LogP contribution in [0.25, 0.3) is 5.57 Å². The average Bonchev–Trinajstić information content (AvgIpc) is 3.21. The van der Waals surface area contributed by atoms with E-state index in [0.717, 1.165) is 22.5 Å². The molecule has 1 amide bonds. The van der Waals surface area contributed by atoms with Crippen molar-refractivity contribution in [3.05, 3.63) is 77.3 Å². The molecule has 2 heterocycles. The van der Waals surface area contributed by atoms with E-state index in [4.69, 9.17) is 0 Å². The zero-order chi connectivity index (χ0) is 16.2. The number of carbonyl (C=O) groups excluding carboxylic acids is 1. The van der Waals surface area contributed by atoms with Crippen LogP contribution in [-0.2, 0) is 0 Å². The molecule has 1 aliphatic rings. The Balaban J connectivity index is 1.96. The number of nitrogens with one attached hydrogen (secondary N) is 2. The molecule has 1 aromatic carbocycles. The van der Waals surface area contributed by atoms with E-state index >= 15 is 0 Å². The molecule has 3 rings (SSSR count). The quantitative estimate of drug-likeness (QED) is 0.891. The number of amides is 1. The number of nitrogens with zero attached hydrogens (tertiary/aromatic N) is 1. The maximum Gasteiger partial charge on any atom is 0.251 e. The fourth-order valence-electron chi connectivity index (χ4n) is 2.51. The predicted octanol–water partition coefficient (Wildman–Crippen LogP) is 3.55. The van der Waals surface area contributed by atoms with Crippen LogP contribution in [0.3, 0.4) is 0 Å². The summed E-state index contributed by atoms with van der Waals surface area (Å²) in [5.41, 5.74) is 4.61. The van der Waals surface area contributed by atoms with Gasteiger partial charge >= 0.3 is 0 Å². The van der Waals surface area contributed by atoms with Crippen molar-refractivity contribution in [2.45, 2.75) is 19.9 Å². The molecule has 116 valence electrons. The third kappa shape index (κ3) is 3.31. The van der Waals surface area contributed by atoms with Crippen molar-refractivity contribution < 1.29 is 4.79 Å². The minimum Gasteiger partial charge on any atom is -0.361 e. The summed E-state index contributed by atoms with van der Waals surface area (Å²) in [6, 6.07) is 11.7. The van der Waals surface area contributed by atoms with Crippen LogP contribution in [0.1, 0.15) is 35.5 Å². The highest BCUT2D eigenvalue weighted by molar-refractivity contribution is 5.95. The van der Waals surface area contributed by atoms with Gasteiger partial charge in [0.05, 0.1) is 5.70 Å². The molecule has 0 aliphatic carbocycles. The molecule has 0 saturated heterocycles. The van der Waals surface area contributed by atoms with Gasteiger partial charge in [0.1, 0.15) is 0 Å². The van der Waals surface area contributed by atoms with Crippen molar-refractivity contribution in [3.63, 3.8) is 0 Å². The number of hydrogen-bond donors (Lipinski definition) is 2. The standard InChI is InChI=1S/C19H19N3O/c1-13(2)22-19(23)15-9-7-14(8-10-15)18(16-5-3-11-20-16)17-6-4-12-21-17/h3-13,20H,1-2H3,(H,22,23)/b18-17+. The molecule has 0 fully saturated rings. The fraction of sp³-hybridized carbons (Fsp3) is 0.158. The second-order valence-corrected chi connectivity index (χ2v) is 5.69. The number of H-pyrrole nitrogens is 1. The lowest BCUT2D eigenvalue weighted by atomic mass is 9.99. The smallest absolute Gasteiger partial charge is 0.251 e. The molecular weight excluding hydrogens is 286 g/mol. The van der Waals surface area contributed by atoms with Gasteiger partial charge in [0.2, 0.25) is 0 Å². The highest BCUT2D eigenvalue weighted by Gasteiger charge is 2.13. The highest BCUT2D eigenvalue weighted by atomic mass is 16.1. The Labute approximate surface area is 135 Å². The molecule has 0 radical (unpaired) electrons. The Kier molecular flexibility index (Phi) is 4.24. The summed E-state index contributed by atoms with van der Waals surface area (Å²) in [5.74, 6) is -0.0561. The number of carbonyl (C=O) groups is 1. The van der Waals surface area contributed by atoms with Gasteiger partial charge in [0, 0.05) is 35.3 Å². The van der Waals surface area contributed by atoms with Gasteiger partial charge in [-0.25, -0.2) is 0 Å². The summed E-state index contributed by atoms with van der Waals surface area (Å²) < 4.78 is 0. The van der Waals surface area contributed by atoms with E-state index in [1.165, 1.54) is 0 Å². The summed E-state index contributed by atoms with van der Waals surface area (Å²) in [6.45, 7) is 3.90. The molecule has 0 spiro atoms. The molecule has 0 saturated carbocycles. The molecule has 1 aromatic heterocycles. The molecule has 1 aliphatic heterocycles. The van der Waals surface area contributed by atoms with Crippen LogP contribution < -0.4 is 5.32 Å². The van der Waals surface area contributed by atoms with Crippen LogP contribution in [-0.4, -0.2) is 23.1 Å². The number of aromatic amines is 1. The Hall–Kier alpha value is -2.88. The molecule has 2 N–H and O–H groups in total. The lowest BCUT2D eigenvalue weighted by molar-refractivity contribution is 0.0943. The summed E-state index contributed by atoms with van der Waals surface area (Å²) in [6.07, 6.45) is 7.57. The Morgan fingerprint density at radius 2 is 1.87 bits per heavy atom. The van der Waals surface area contributed by atoms with Crippen LogP contribution in [0.5, 0.6) is 0 Å². The second-order valence-electron chi connectivity index (χ2n) is 5.69. The van der Waals surface area contributed by atoms with Crippen molar-refractivity contribution in [2.75, 3.05) is 0 Å². The average molecular weight is 305 g/mol. The maximum absolute atomic E-state index is 12.1. The molecule has 23 heavy (non-hydrogen) atoms. The lowest BCUT2D eigenvalue weighted by Gasteiger charge is -2.11. The van der Waals surface area contributed by atoms with Crippen molar-refractivity contribution in [1.29, 1.82) is 0 Å². The minimum atomic E-state index is -0.0561. The van der Waals surface area contributed by atoms with E-state index in [9.17, 15) is 4.79 Å². The molecule has 4 heteroatoms. The van der Waals surface area contributed by atoms with Crippen LogP contribution in [0.2, 0.25) is 0 Å². The van der Waals surface area contributed by atoms with Gasteiger partial charge in [0.25, 0.3) is 5.91 Å². The number of aromatic nitrogens is 1. The van der Waals surface area contributed by atoms with E-state index in [-0.39, 0.29) is 11.9 Å². The van der Waals surface area contributed by atoms with Crippen LogP contribution in [0, 0.1) is 0 Å². The molecule has 4 nitrogen and oxygen atoms in total. The van der Waals surface area contributed by atoms with Gasteiger partial charge in [-0.1, -0.05) is 12.1 Å². The second kappa shape index (κ2) is 6.48. The first-order valence-electron chi connectivity index (χ1n) is 7.65. The van der Waals surface area contributed by atoms with E-state index in [0.29, 0.717) is 5.56 Å². The summed E-state index contributed by atoms with van der Waals surface area (Å²) in [4.78, 5) is 19.7. The number of hydrogen-bond acceptors (Lipinski definition) is 2. The Morgan fingerprint density at radius 1 is 1.13 bits per heavy atom. The SMILES string of the molecule is CC(C)NC(=O)c1ccc(/C(=C2/C=CC=N2)c2ccc[nH]2)cc1. The predicted molar refractivity (Wildman–Crippen MR) is 93.5 cm³/mol. The zero-order valence-electron chi connectivity index (χ0n) is 13.2. The zero-order valence-corrected chi connectivity index (χ0v) is 13.2. The normalized spacial score (nSPS) is 15.3. The maximum atomic E-state index is 12.1. The lowest BCUT2D eigenvalue weighted by Crippen LogP contribution is -2.29. The van der Waals surface area contributed by atoms with E-state index in [1.54, 1.807) is 6.21 Å². The van der Waals surface area contributed by atoms with Gasteiger partial charge in [-0.3, -0.25) is 9.79 Å². The van der Waals surface area contributed by atoms with Gasteiger partial charge in [0.15, 0.2) is 0 Å². The van der Waals surface area contributed by atoms with Gasteiger partial charge in [-0.15, -0.1) is 0 Å².